The van der Waals surface area contributed by atoms with Crippen LogP contribution in [0.15, 0.2) is 54.6 Å². The normalized spacial score (nSPS) is 16.4. The van der Waals surface area contributed by atoms with Crippen LogP contribution in [0.2, 0.25) is 0 Å². The molecule has 2 aliphatic carbocycles. The Morgan fingerprint density at radius 3 is 2.16 bits per heavy atom. The maximum absolute atomic E-state index is 12.6. The highest BCUT2D eigenvalue weighted by Crippen LogP contribution is 2.39. The van der Waals surface area contributed by atoms with Crippen LogP contribution < -0.4 is 14.8 Å². The molecule has 0 bridgehead atoms. The fourth-order valence-electron chi connectivity index (χ4n) is 5.86. The number of nitrogens with one attached hydrogen (secondary N) is 1. The van der Waals surface area contributed by atoms with E-state index < -0.39 is 11.5 Å². The lowest BCUT2D eigenvalue weighted by Crippen LogP contribution is -2.47. The highest BCUT2D eigenvalue weighted by molar-refractivity contribution is 5.86. The van der Waals surface area contributed by atoms with E-state index in [9.17, 15) is 9.90 Å². The van der Waals surface area contributed by atoms with Gasteiger partial charge in [0.15, 0.2) is 0 Å². The summed E-state index contributed by atoms with van der Waals surface area (Å²) in [4.78, 5) is 12.6. The van der Waals surface area contributed by atoms with Crippen molar-refractivity contribution < 1.29 is 24.1 Å². The standard InChI is InChI=1S/C31H35NO5/c1-20-12-25(32-31(30(33)34)17-21-8-4-5-9-22(21)18-31)13-24(19-37-26-10-6-7-11-26)29(20)23-14-27(35-2)16-28(15-23)36-3/h4-5,8-9,12-16,26,32H,6-7,10-11,17-19H2,1-3H3,(H,33,34). The van der Waals surface area contributed by atoms with E-state index >= 15 is 0 Å². The number of carbonyl (C=O) groups is 1. The molecule has 1 saturated carbocycles. The number of rotatable bonds is 9. The quantitative estimate of drug-likeness (QED) is 0.365. The number of fused-ring (bicyclic) bond motifs is 1. The number of hydrogen-bond donors (Lipinski definition) is 2. The van der Waals surface area contributed by atoms with Crippen molar-refractivity contribution in [3.8, 4) is 22.6 Å². The molecule has 0 amide bonds. The topological polar surface area (TPSA) is 77.0 Å². The molecule has 0 aliphatic heterocycles. The molecule has 1 fully saturated rings. The maximum Gasteiger partial charge on any atom is 0.330 e. The molecule has 5 rings (SSSR count). The summed E-state index contributed by atoms with van der Waals surface area (Å²) in [6, 6.07) is 17.9. The van der Waals surface area contributed by atoms with Gasteiger partial charge in [0.1, 0.15) is 17.0 Å². The summed E-state index contributed by atoms with van der Waals surface area (Å²) in [5, 5.41) is 13.7. The predicted octanol–water partition coefficient (Wildman–Crippen LogP) is 6.17. The van der Waals surface area contributed by atoms with Crippen LogP contribution in [0.4, 0.5) is 5.69 Å². The number of anilines is 1. The number of carboxylic acids is 1. The van der Waals surface area contributed by atoms with Crippen LogP contribution in [-0.4, -0.2) is 36.9 Å². The summed E-state index contributed by atoms with van der Waals surface area (Å²) in [5.41, 5.74) is 5.95. The Morgan fingerprint density at radius 2 is 1.59 bits per heavy atom. The SMILES string of the molecule is COc1cc(OC)cc(-c2c(C)cc(NC3(C(=O)O)Cc4ccccc4C3)cc2COC2CCCC2)c1. The molecule has 0 radical (unpaired) electrons. The number of ether oxygens (including phenoxy) is 3. The molecule has 3 aromatic rings. The van der Waals surface area contributed by atoms with Crippen molar-refractivity contribution in [3.05, 3.63) is 76.9 Å². The van der Waals surface area contributed by atoms with E-state index in [1.54, 1.807) is 14.2 Å². The van der Waals surface area contributed by atoms with Crippen LogP contribution in [0.3, 0.4) is 0 Å². The number of carboxylic acid groups (broad SMARTS) is 1. The first kappa shape index (κ1) is 25.2. The molecule has 0 heterocycles. The number of aliphatic carboxylic acids is 1. The van der Waals surface area contributed by atoms with Crippen molar-refractivity contribution in [1.82, 2.24) is 0 Å². The molecule has 2 aliphatic rings. The first-order valence-electron chi connectivity index (χ1n) is 13.0. The highest BCUT2D eigenvalue weighted by atomic mass is 16.5. The van der Waals surface area contributed by atoms with Crippen LogP contribution in [0, 0.1) is 6.92 Å². The van der Waals surface area contributed by atoms with E-state index in [0.717, 1.165) is 51.9 Å². The second kappa shape index (κ2) is 10.5. The molecule has 3 aromatic carbocycles. The van der Waals surface area contributed by atoms with Gasteiger partial charge in [0.2, 0.25) is 0 Å². The predicted molar refractivity (Wildman–Crippen MR) is 145 cm³/mol. The lowest BCUT2D eigenvalue weighted by molar-refractivity contribution is -0.142. The molecule has 6 heteroatoms. The van der Waals surface area contributed by atoms with Crippen molar-refractivity contribution >= 4 is 11.7 Å². The molecular formula is C31H35NO5. The van der Waals surface area contributed by atoms with Crippen molar-refractivity contribution in [3.63, 3.8) is 0 Å². The van der Waals surface area contributed by atoms with Crippen LogP contribution >= 0.6 is 0 Å². The van der Waals surface area contributed by atoms with Crippen molar-refractivity contribution in [2.75, 3.05) is 19.5 Å². The van der Waals surface area contributed by atoms with E-state index in [1.807, 2.05) is 48.5 Å². The van der Waals surface area contributed by atoms with Gasteiger partial charge in [-0.15, -0.1) is 0 Å². The minimum absolute atomic E-state index is 0.263. The van der Waals surface area contributed by atoms with Gasteiger partial charge >= 0.3 is 5.97 Å². The first-order valence-corrected chi connectivity index (χ1v) is 13.0. The summed E-state index contributed by atoms with van der Waals surface area (Å²) >= 11 is 0. The van der Waals surface area contributed by atoms with Crippen molar-refractivity contribution in [2.24, 2.45) is 0 Å². The van der Waals surface area contributed by atoms with E-state index in [0.29, 0.717) is 30.9 Å². The Balaban J connectivity index is 1.54. The van der Waals surface area contributed by atoms with Gasteiger partial charge in [-0.2, -0.15) is 0 Å². The minimum Gasteiger partial charge on any atom is -0.497 e. The smallest absolute Gasteiger partial charge is 0.330 e. The summed E-state index contributed by atoms with van der Waals surface area (Å²) < 4.78 is 17.4. The molecule has 0 aromatic heterocycles. The third kappa shape index (κ3) is 5.16. The molecule has 6 nitrogen and oxygen atoms in total. The molecule has 37 heavy (non-hydrogen) atoms. The van der Waals surface area contributed by atoms with Crippen molar-refractivity contribution in [1.29, 1.82) is 0 Å². The molecule has 194 valence electrons. The first-order chi connectivity index (χ1) is 17.9. The monoisotopic (exact) mass is 501 g/mol. The number of aryl methyl sites for hydroxylation is 1. The van der Waals surface area contributed by atoms with Gasteiger partial charge in [-0.05, 0) is 77.4 Å². The number of methoxy groups -OCH3 is 2. The molecular weight excluding hydrogens is 466 g/mol. The van der Waals surface area contributed by atoms with Gasteiger partial charge in [0.05, 0.1) is 26.9 Å². The highest BCUT2D eigenvalue weighted by Gasteiger charge is 2.44. The van der Waals surface area contributed by atoms with Gasteiger partial charge in [-0.25, -0.2) is 4.79 Å². The Kier molecular flexibility index (Phi) is 7.11. The second-order valence-corrected chi connectivity index (χ2v) is 10.3. The Hall–Kier alpha value is -3.51. The fraction of sp³-hybridized carbons (Fsp3) is 0.387. The summed E-state index contributed by atoms with van der Waals surface area (Å²) in [7, 11) is 3.29. The van der Waals surface area contributed by atoms with Gasteiger partial charge in [0.25, 0.3) is 0 Å². The van der Waals surface area contributed by atoms with E-state index in [1.165, 1.54) is 12.8 Å². The van der Waals surface area contributed by atoms with Gasteiger partial charge in [0, 0.05) is 24.6 Å². The zero-order chi connectivity index (χ0) is 26.0. The van der Waals surface area contributed by atoms with E-state index in [-0.39, 0.29) is 6.10 Å². The van der Waals surface area contributed by atoms with E-state index in [2.05, 4.69) is 18.3 Å². The lowest BCUT2D eigenvalue weighted by Gasteiger charge is -2.28. The lowest BCUT2D eigenvalue weighted by atomic mass is 9.91. The maximum atomic E-state index is 12.6. The van der Waals surface area contributed by atoms with Gasteiger partial charge in [-0.3, -0.25) is 0 Å². The average Bonchev–Trinajstić information content (AvgIpc) is 3.55. The summed E-state index contributed by atoms with van der Waals surface area (Å²) in [6.45, 7) is 2.51. The largest absolute Gasteiger partial charge is 0.497 e. The Bertz CT molecular complexity index is 1250. The van der Waals surface area contributed by atoms with Crippen molar-refractivity contribution in [2.45, 2.75) is 63.7 Å². The molecule has 0 spiro atoms. The third-order valence-electron chi connectivity index (χ3n) is 7.73. The Labute approximate surface area is 218 Å². The fourth-order valence-corrected chi connectivity index (χ4v) is 5.86. The van der Waals surface area contributed by atoms with E-state index in [4.69, 9.17) is 14.2 Å². The molecule has 0 atom stereocenters. The molecule has 0 saturated heterocycles. The average molecular weight is 502 g/mol. The molecule has 2 N–H and O–H groups in total. The van der Waals surface area contributed by atoms with Gasteiger partial charge < -0.3 is 24.6 Å². The van der Waals surface area contributed by atoms with Crippen LogP contribution in [0.1, 0.15) is 47.9 Å². The Morgan fingerprint density at radius 1 is 0.973 bits per heavy atom. The second-order valence-electron chi connectivity index (χ2n) is 10.3. The van der Waals surface area contributed by atoms with Crippen LogP contribution in [0.5, 0.6) is 11.5 Å². The zero-order valence-electron chi connectivity index (χ0n) is 21.8. The summed E-state index contributed by atoms with van der Waals surface area (Å²) in [5.74, 6) is 0.589. The minimum atomic E-state index is -1.08. The molecule has 0 unspecified atom stereocenters. The van der Waals surface area contributed by atoms with Crippen LogP contribution in [0.25, 0.3) is 11.1 Å². The summed E-state index contributed by atoms with van der Waals surface area (Å²) in [6.07, 6.45) is 5.72. The third-order valence-corrected chi connectivity index (χ3v) is 7.73. The number of benzene rings is 3. The van der Waals surface area contributed by atoms with Gasteiger partial charge in [-0.1, -0.05) is 37.1 Å². The van der Waals surface area contributed by atoms with Crippen LogP contribution in [-0.2, 0) is 29.0 Å². The zero-order valence-corrected chi connectivity index (χ0v) is 21.8. The number of hydrogen-bond acceptors (Lipinski definition) is 5.